The predicted octanol–water partition coefficient (Wildman–Crippen LogP) is 5.90. The summed E-state index contributed by atoms with van der Waals surface area (Å²) in [4.78, 5) is 12.5. The Balaban J connectivity index is 1.31. The van der Waals surface area contributed by atoms with Gasteiger partial charge in [0.05, 0.1) is 6.20 Å². The van der Waals surface area contributed by atoms with E-state index in [2.05, 4.69) is 45.4 Å². The molecule has 2 heterocycles. The van der Waals surface area contributed by atoms with E-state index < -0.39 is 0 Å². The van der Waals surface area contributed by atoms with Crippen LogP contribution in [0.2, 0.25) is 0 Å². The van der Waals surface area contributed by atoms with Crippen LogP contribution in [-0.4, -0.2) is 25.5 Å². The second-order valence-corrected chi connectivity index (χ2v) is 8.27. The van der Waals surface area contributed by atoms with E-state index in [-0.39, 0.29) is 12.5 Å². The van der Waals surface area contributed by atoms with Gasteiger partial charge in [0.25, 0.3) is 0 Å². The largest absolute Gasteiger partial charge is 0.347 e. The van der Waals surface area contributed by atoms with Crippen molar-refractivity contribution in [2.45, 2.75) is 58.5 Å². The summed E-state index contributed by atoms with van der Waals surface area (Å²) in [7, 11) is 0. The summed E-state index contributed by atoms with van der Waals surface area (Å²) >= 11 is 0. The molecule has 0 fully saturated rings. The van der Waals surface area contributed by atoms with Crippen LogP contribution in [0.15, 0.2) is 67.0 Å². The first-order valence-corrected chi connectivity index (χ1v) is 11.6. The van der Waals surface area contributed by atoms with Crippen LogP contribution in [-0.2, 0) is 17.9 Å². The van der Waals surface area contributed by atoms with Gasteiger partial charge in [-0.15, -0.1) is 5.10 Å². The number of amides is 1. The zero-order valence-corrected chi connectivity index (χ0v) is 18.7. The molecule has 4 rings (SSSR count). The third-order valence-corrected chi connectivity index (χ3v) is 5.72. The Morgan fingerprint density at radius 3 is 2.62 bits per heavy atom. The summed E-state index contributed by atoms with van der Waals surface area (Å²) in [6.45, 7) is 3.41. The molecule has 1 amide bonds. The average Bonchev–Trinajstić information content (AvgIpc) is 3.43. The number of nitrogens with zero attached hydrogens (tertiary/aromatic N) is 4. The van der Waals surface area contributed by atoms with Gasteiger partial charge in [0.15, 0.2) is 0 Å². The number of nitrogens with one attached hydrogen (secondary N) is 1. The number of hydrogen-bond donors (Lipinski definition) is 1. The zero-order chi connectivity index (χ0) is 22.2. The van der Waals surface area contributed by atoms with Crippen LogP contribution < -0.4 is 5.32 Å². The fourth-order valence-corrected chi connectivity index (χ4v) is 4.00. The van der Waals surface area contributed by atoms with Crippen molar-refractivity contribution in [1.82, 2.24) is 19.6 Å². The molecule has 6 nitrogen and oxygen atoms in total. The number of unbranched alkanes of at least 4 members (excludes halogenated alkanes) is 5. The van der Waals surface area contributed by atoms with Gasteiger partial charge in [-0.2, -0.15) is 0 Å². The summed E-state index contributed by atoms with van der Waals surface area (Å²) in [6.07, 6.45) is 11.7. The number of carbonyl (C=O) groups is 1. The molecule has 0 aliphatic carbocycles. The minimum atomic E-state index is -0.125. The lowest BCUT2D eigenvalue weighted by Crippen LogP contribution is -2.19. The van der Waals surface area contributed by atoms with Crippen molar-refractivity contribution in [3.8, 4) is 11.3 Å². The molecular formula is C26H31N5O. The normalized spacial score (nSPS) is 11.2. The highest BCUT2D eigenvalue weighted by molar-refractivity contribution is 5.93. The first-order valence-electron chi connectivity index (χ1n) is 11.6. The molecule has 1 N–H and O–H groups in total. The van der Waals surface area contributed by atoms with E-state index in [1.807, 2.05) is 42.5 Å². The summed E-state index contributed by atoms with van der Waals surface area (Å²) in [5.74, 6) is -0.125. The molecule has 0 saturated heterocycles. The van der Waals surface area contributed by atoms with Crippen molar-refractivity contribution in [3.05, 3.63) is 67.0 Å². The van der Waals surface area contributed by atoms with Gasteiger partial charge in [-0.25, -0.2) is 4.68 Å². The SMILES string of the molecule is CCCCCCCCn1ccc2cc(NC(=O)Cn3cc(-c4ccccc4)nn3)ccc21. The molecule has 0 aliphatic heterocycles. The summed E-state index contributed by atoms with van der Waals surface area (Å²) in [5.41, 5.74) is 3.74. The number of carbonyl (C=O) groups excluding carboxylic acids is 1. The Hall–Kier alpha value is -3.41. The summed E-state index contributed by atoms with van der Waals surface area (Å²) < 4.78 is 3.87. The van der Waals surface area contributed by atoms with E-state index in [1.54, 1.807) is 10.9 Å². The van der Waals surface area contributed by atoms with Gasteiger partial charge in [-0.1, -0.05) is 74.6 Å². The van der Waals surface area contributed by atoms with Crippen LogP contribution in [0.25, 0.3) is 22.2 Å². The molecule has 0 bridgehead atoms. The monoisotopic (exact) mass is 429 g/mol. The molecule has 2 aromatic heterocycles. The van der Waals surface area contributed by atoms with E-state index in [1.165, 1.54) is 44.0 Å². The molecule has 4 aromatic rings. The topological polar surface area (TPSA) is 64.7 Å². The third kappa shape index (κ3) is 5.63. The average molecular weight is 430 g/mol. The highest BCUT2D eigenvalue weighted by Crippen LogP contribution is 2.22. The van der Waals surface area contributed by atoms with Gasteiger partial charge in [-0.05, 0) is 30.7 Å². The molecule has 166 valence electrons. The van der Waals surface area contributed by atoms with Crippen molar-refractivity contribution < 1.29 is 4.79 Å². The van der Waals surface area contributed by atoms with Gasteiger partial charge >= 0.3 is 0 Å². The molecule has 2 aromatic carbocycles. The minimum absolute atomic E-state index is 0.122. The number of rotatable bonds is 11. The third-order valence-electron chi connectivity index (χ3n) is 5.72. The van der Waals surface area contributed by atoms with Crippen molar-refractivity contribution in [1.29, 1.82) is 0 Å². The van der Waals surface area contributed by atoms with Crippen LogP contribution in [0.1, 0.15) is 45.4 Å². The highest BCUT2D eigenvalue weighted by atomic mass is 16.2. The second kappa shape index (κ2) is 10.8. The van der Waals surface area contributed by atoms with Gasteiger partial charge in [0, 0.05) is 34.9 Å². The molecule has 32 heavy (non-hydrogen) atoms. The van der Waals surface area contributed by atoms with E-state index in [0.29, 0.717) is 0 Å². The molecule has 0 aliphatic rings. The molecular weight excluding hydrogens is 398 g/mol. The Morgan fingerprint density at radius 2 is 1.78 bits per heavy atom. The van der Waals surface area contributed by atoms with Crippen LogP contribution in [0.3, 0.4) is 0 Å². The number of benzene rings is 2. The van der Waals surface area contributed by atoms with Gasteiger partial charge in [-0.3, -0.25) is 4.79 Å². The molecule has 0 atom stereocenters. The van der Waals surface area contributed by atoms with Gasteiger partial charge < -0.3 is 9.88 Å². The van der Waals surface area contributed by atoms with Crippen LogP contribution in [0.5, 0.6) is 0 Å². The van der Waals surface area contributed by atoms with Crippen LogP contribution in [0.4, 0.5) is 5.69 Å². The smallest absolute Gasteiger partial charge is 0.246 e. The standard InChI is InChI=1S/C26H31N5O/c1-2-3-4-5-6-10-16-30-17-15-22-18-23(13-14-25(22)30)27-26(32)20-31-19-24(28-29-31)21-11-8-7-9-12-21/h7-9,11-15,17-19H,2-6,10,16,20H2,1H3,(H,27,32). The number of aryl methyl sites for hydroxylation is 1. The van der Waals surface area contributed by atoms with Crippen molar-refractivity contribution >= 4 is 22.5 Å². The minimum Gasteiger partial charge on any atom is -0.347 e. The van der Waals surface area contributed by atoms with Crippen molar-refractivity contribution in [2.24, 2.45) is 0 Å². The Kier molecular flexibility index (Phi) is 7.33. The highest BCUT2D eigenvalue weighted by Gasteiger charge is 2.09. The van der Waals surface area contributed by atoms with Gasteiger partial charge in [0.1, 0.15) is 12.2 Å². The second-order valence-electron chi connectivity index (χ2n) is 8.27. The van der Waals surface area contributed by atoms with Crippen LogP contribution in [0, 0.1) is 0 Å². The zero-order valence-electron chi connectivity index (χ0n) is 18.7. The maximum absolute atomic E-state index is 12.5. The number of fused-ring (bicyclic) bond motifs is 1. The van der Waals surface area contributed by atoms with E-state index in [9.17, 15) is 4.79 Å². The molecule has 0 unspecified atom stereocenters. The number of anilines is 1. The lowest BCUT2D eigenvalue weighted by molar-refractivity contribution is -0.116. The van der Waals surface area contributed by atoms with Crippen molar-refractivity contribution in [3.63, 3.8) is 0 Å². The molecule has 0 radical (unpaired) electrons. The Morgan fingerprint density at radius 1 is 0.969 bits per heavy atom. The first kappa shape index (κ1) is 21.8. The van der Waals surface area contributed by atoms with E-state index in [4.69, 9.17) is 0 Å². The van der Waals surface area contributed by atoms with Gasteiger partial charge in [0.2, 0.25) is 5.91 Å². The Labute approximate surface area is 189 Å². The van der Waals surface area contributed by atoms with Crippen molar-refractivity contribution in [2.75, 3.05) is 5.32 Å². The fraction of sp³-hybridized carbons (Fsp3) is 0.346. The molecule has 6 heteroatoms. The maximum Gasteiger partial charge on any atom is 0.246 e. The summed E-state index contributed by atoms with van der Waals surface area (Å²) in [5, 5.41) is 12.4. The first-order chi connectivity index (χ1) is 15.7. The summed E-state index contributed by atoms with van der Waals surface area (Å²) in [6, 6.07) is 18.0. The van der Waals surface area contributed by atoms with Crippen LogP contribution >= 0.6 is 0 Å². The molecule has 0 spiro atoms. The molecule has 0 saturated carbocycles. The van der Waals surface area contributed by atoms with E-state index >= 15 is 0 Å². The lowest BCUT2D eigenvalue weighted by Gasteiger charge is -2.08. The number of hydrogen-bond acceptors (Lipinski definition) is 3. The Bertz CT molecular complexity index is 1150. The fourth-order valence-electron chi connectivity index (χ4n) is 4.00. The van der Waals surface area contributed by atoms with E-state index in [0.717, 1.165) is 28.9 Å². The lowest BCUT2D eigenvalue weighted by atomic mass is 10.1. The predicted molar refractivity (Wildman–Crippen MR) is 129 cm³/mol. The maximum atomic E-state index is 12.5. The quantitative estimate of drug-likeness (QED) is 0.302. The number of aromatic nitrogens is 4.